The van der Waals surface area contributed by atoms with Crippen molar-refractivity contribution in [2.75, 3.05) is 0 Å². The molecule has 58 valence electrons. The molecule has 0 aliphatic heterocycles. The van der Waals surface area contributed by atoms with Gasteiger partial charge in [-0.15, -0.1) is 11.3 Å². The maximum atomic E-state index is 4.25. The topological polar surface area (TPSA) is 28.7 Å². The van der Waals surface area contributed by atoms with E-state index in [0.717, 1.165) is 5.52 Å². The highest BCUT2D eigenvalue weighted by Crippen LogP contribution is 2.27. The second kappa shape index (κ2) is 2.08. The number of nitrogens with zero attached hydrogens (tertiary/aromatic N) is 1. The number of nitrogens with one attached hydrogen (secondary N) is 1. The number of aromatic nitrogens is 2. The molecule has 0 fully saturated rings. The van der Waals surface area contributed by atoms with Gasteiger partial charge in [-0.2, -0.15) is 0 Å². The fraction of sp³-hybridized carbons (Fsp3) is 0. The van der Waals surface area contributed by atoms with Gasteiger partial charge in [-0.3, -0.25) is 0 Å². The number of benzene rings is 1. The average molecular weight is 174 g/mol. The summed E-state index contributed by atoms with van der Waals surface area (Å²) in [5.74, 6) is 0. The van der Waals surface area contributed by atoms with Crippen LogP contribution in [0.15, 0.2) is 30.0 Å². The molecule has 0 aliphatic rings. The van der Waals surface area contributed by atoms with Gasteiger partial charge in [-0.05, 0) is 6.07 Å². The van der Waals surface area contributed by atoms with Crippen LogP contribution in [0, 0.1) is 0 Å². The molecule has 3 aromatic rings. The zero-order chi connectivity index (χ0) is 7.97. The van der Waals surface area contributed by atoms with Crippen LogP contribution in [-0.2, 0) is 0 Å². The van der Waals surface area contributed by atoms with Crippen LogP contribution in [0.4, 0.5) is 0 Å². The Bertz CT molecular complexity index is 486. The largest absolute Gasteiger partial charge is 0.366 e. The molecule has 0 radical (unpaired) electrons. The number of fused-ring (bicyclic) bond motifs is 3. The minimum absolute atomic E-state index is 1.09. The molecule has 0 amide bonds. The number of hydrogen-bond donors (Lipinski definition) is 1. The summed E-state index contributed by atoms with van der Waals surface area (Å²) >= 11 is 1.69. The normalized spacial score (nSPS) is 11.3. The fourth-order valence-corrected chi connectivity index (χ4v) is 2.27. The Balaban J connectivity index is 2.71. The molecular formula is C9H6N2S. The van der Waals surface area contributed by atoms with Gasteiger partial charge in [0.25, 0.3) is 0 Å². The first-order valence-electron chi connectivity index (χ1n) is 3.74. The molecule has 2 nitrogen and oxygen atoms in total. The Labute approximate surface area is 72.9 Å². The van der Waals surface area contributed by atoms with Gasteiger partial charge in [0.15, 0.2) is 0 Å². The van der Waals surface area contributed by atoms with E-state index in [1.807, 2.05) is 17.9 Å². The molecule has 3 rings (SSSR count). The summed E-state index contributed by atoms with van der Waals surface area (Å²) in [6.45, 7) is 0. The van der Waals surface area contributed by atoms with E-state index in [1.54, 1.807) is 11.3 Å². The first-order valence-corrected chi connectivity index (χ1v) is 4.62. The number of H-pyrrole nitrogens is 1. The second-order valence-electron chi connectivity index (χ2n) is 2.72. The van der Waals surface area contributed by atoms with Crippen LogP contribution >= 0.6 is 11.3 Å². The van der Waals surface area contributed by atoms with Crippen molar-refractivity contribution in [1.29, 1.82) is 0 Å². The summed E-state index contributed by atoms with van der Waals surface area (Å²) in [6, 6.07) is 4.15. The predicted molar refractivity (Wildman–Crippen MR) is 51.5 cm³/mol. The van der Waals surface area contributed by atoms with E-state index in [4.69, 9.17) is 0 Å². The molecule has 12 heavy (non-hydrogen) atoms. The molecule has 2 aromatic heterocycles. The first-order chi connectivity index (χ1) is 5.95. The molecule has 0 saturated heterocycles. The Hall–Kier alpha value is -1.35. The molecule has 0 spiro atoms. The predicted octanol–water partition coefficient (Wildman–Crippen LogP) is 2.78. The van der Waals surface area contributed by atoms with Crippen LogP contribution in [0.2, 0.25) is 0 Å². The highest BCUT2D eigenvalue weighted by Gasteiger charge is 2.01. The maximum Gasteiger partial charge on any atom is 0.0819 e. The fourth-order valence-electron chi connectivity index (χ4n) is 1.45. The van der Waals surface area contributed by atoms with Crippen molar-refractivity contribution in [3.05, 3.63) is 30.0 Å². The summed E-state index contributed by atoms with van der Waals surface area (Å²) in [4.78, 5) is 7.35. The first kappa shape index (κ1) is 6.20. The van der Waals surface area contributed by atoms with Crippen molar-refractivity contribution in [1.82, 2.24) is 9.97 Å². The molecule has 0 aliphatic carbocycles. The van der Waals surface area contributed by atoms with Gasteiger partial charge in [0, 0.05) is 23.2 Å². The van der Waals surface area contributed by atoms with Gasteiger partial charge in [-0.1, -0.05) is 6.07 Å². The van der Waals surface area contributed by atoms with Crippen LogP contribution in [0.3, 0.4) is 0 Å². The Morgan fingerprint density at radius 1 is 1.25 bits per heavy atom. The average Bonchev–Trinajstić information content (AvgIpc) is 2.71. The molecule has 0 saturated carbocycles. The monoisotopic (exact) mass is 174 g/mol. The summed E-state index contributed by atoms with van der Waals surface area (Å²) in [5.41, 5.74) is 2.98. The van der Waals surface area contributed by atoms with Crippen LogP contribution < -0.4 is 0 Å². The van der Waals surface area contributed by atoms with Crippen molar-refractivity contribution < 1.29 is 0 Å². The summed E-state index contributed by atoms with van der Waals surface area (Å²) in [7, 11) is 0. The van der Waals surface area contributed by atoms with Crippen molar-refractivity contribution in [3.8, 4) is 0 Å². The van der Waals surface area contributed by atoms with Gasteiger partial charge in [0.05, 0.1) is 15.7 Å². The van der Waals surface area contributed by atoms with Crippen molar-refractivity contribution >= 4 is 32.3 Å². The third-order valence-corrected chi connectivity index (χ3v) is 2.91. The molecule has 0 bridgehead atoms. The SMILES string of the molecule is c1nc2ccc3c[nH]cc3c2s1. The summed E-state index contributed by atoms with van der Waals surface area (Å²) in [5, 5.41) is 2.53. The molecule has 1 aromatic carbocycles. The Kier molecular flexibility index (Phi) is 1.07. The zero-order valence-corrected chi connectivity index (χ0v) is 7.06. The molecule has 3 heteroatoms. The number of thiazole rings is 1. The summed E-state index contributed by atoms with van der Waals surface area (Å²) in [6.07, 6.45) is 4.03. The minimum atomic E-state index is 1.09. The number of rotatable bonds is 0. The van der Waals surface area contributed by atoms with E-state index >= 15 is 0 Å². The second-order valence-corrected chi connectivity index (χ2v) is 3.58. The van der Waals surface area contributed by atoms with Crippen LogP contribution in [0.1, 0.15) is 0 Å². The van der Waals surface area contributed by atoms with Crippen molar-refractivity contribution in [3.63, 3.8) is 0 Å². The highest BCUT2D eigenvalue weighted by molar-refractivity contribution is 7.17. The number of hydrogen-bond acceptors (Lipinski definition) is 2. The van der Waals surface area contributed by atoms with E-state index in [1.165, 1.54) is 15.5 Å². The van der Waals surface area contributed by atoms with E-state index in [2.05, 4.69) is 22.1 Å². The molecule has 2 heterocycles. The van der Waals surface area contributed by atoms with Crippen molar-refractivity contribution in [2.45, 2.75) is 0 Å². The van der Waals surface area contributed by atoms with Gasteiger partial charge < -0.3 is 4.98 Å². The quantitative estimate of drug-likeness (QED) is 0.557. The lowest BCUT2D eigenvalue weighted by atomic mass is 10.2. The smallest absolute Gasteiger partial charge is 0.0819 e. The lowest BCUT2D eigenvalue weighted by molar-refractivity contribution is 1.43. The third kappa shape index (κ3) is 0.662. The molecule has 0 atom stereocenters. The van der Waals surface area contributed by atoms with E-state index in [9.17, 15) is 0 Å². The highest BCUT2D eigenvalue weighted by atomic mass is 32.1. The van der Waals surface area contributed by atoms with Gasteiger partial charge in [-0.25, -0.2) is 4.98 Å². The summed E-state index contributed by atoms with van der Waals surface area (Å²) < 4.78 is 1.27. The molecule has 1 N–H and O–H groups in total. The zero-order valence-electron chi connectivity index (χ0n) is 6.24. The Morgan fingerprint density at radius 3 is 3.25 bits per heavy atom. The third-order valence-electron chi connectivity index (χ3n) is 2.04. The van der Waals surface area contributed by atoms with Crippen LogP contribution in [0.25, 0.3) is 21.0 Å². The lowest BCUT2D eigenvalue weighted by Gasteiger charge is -1.88. The van der Waals surface area contributed by atoms with Crippen LogP contribution in [-0.4, -0.2) is 9.97 Å². The van der Waals surface area contributed by atoms with Gasteiger partial charge in [0.1, 0.15) is 0 Å². The molecular weight excluding hydrogens is 168 g/mol. The van der Waals surface area contributed by atoms with Gasteiger partial charge in [0.2, 0.25) is 0 Å². The minimum Gasteiger partial charge on any atom is -0.366 e. The maximum absolute atomic E-state index is 4.25. The molecule has 0 unspecified atom stereocenters. The van der Waals surface area contributed by atoms with E-state index < -0.39 is 0 Å². The lowest BCUT2D eigenvalue weighted by Crippen LogP contribution is -1.66. The number of aromatic amines is 1. The van der Waals surface area contributed by atoms with E-state index in [-0.39, 0.29) is 0 Å². The van der Waals surface area contributed by atoms with Gasteiger partial charge >= 0.3 is 0 Å². The van der Waals surface area contributed by atoms with E-state index in [0.29, 0.717) is 0 Å². The Morgan fingerprint density at radius 2 is 2.25 bits per heavy atom. The van der Waals surface area contributed by atoms with Crippen molar-refractivity contribution in [2.24, 2.45) is 0 Å². The van der Waals surface area contributed by atoms with Crippen LogP contribution in [0.5, 0.6) is 0 Å². The standard InChI is InChI=1S/C9H6N2S/c1-2-8-9(12-5-11-8)7-4-10-3-6(1)7/h1-5,10H.